The minimum absolute atomic E-state index is 0.0138. The Bertz CT molecular complexity index is 980. The molecule has 146 valence electrons. The summed E-state index contributed by atoms with van der Waals surface area (Å²) in [6, 6.07) is 11.3. The van der Waals surface area contributed by atoms with Crippen LogP contribution in [0.5, 0.6) is 11.5 Å². The van der Waals surface area contributed by atoms with Crippen molar-refractivity contribution >= 4 is 17.5 Å². The van der Waals surface area contributed by atoms with Gasteiger partial charge in [0.1, 0.15) is 0 Å². The molecule has 2 aromatic rings. The van der Waals surface area contributed by atoms with Crippen LogP contribution in [0.15, 0.2) is 42.5 Å². The van der Waals surface area contributed by atoms with Crippen LogP contribution in [-0.2, 0) is 5.41 Å². The van der Waals surface area contributed by atoms with E-state index in [0.29, 0.717) is 17.1 Å². The average Bonchev–Trinajstić information content (AvgIpc) is 2.92. The van der Waals surface area contributed by atoms with Crippen LogP contribution in [0.25, 0.3) is 6.08 Å². The molecular weight excluding hydrogens is 356 g/mol. The number of fused-ring (bicyclic) bond motifs is 2. The van der Waals surface area contributed by atoms with Crippen molar-refractivity contribution in [2.75, 3.05) is 19.1 Å². The molecular formula is C22H24N2O4. The highest BCUT2D eigenvalue weighted by Crippen LogP contribution is 2.58. The van der Waals surface area contributed by atoms with Gasteiger partial charge in [-0.15, -0.1) is 0 Å². The van der Waals surface area contributed by atoms with Crippen molar-refractivity contribution in [2.45, 2.75) is 37.8 Å². The largest absolute Gasteiger partial charge is 0.493 e. The van der Waals surface area contributed by atoms with Gasteiger partial charge in [-0.2, -0.15) is 0 Å². The van der Waals surface area contributed by atoms with Gasteiger partial charge in [0.25, 0.3) is 5.69 Å². The number of nitrogens with zero attached hydrogens (tertiary/aromatic N) is 2. The van der Waals surface area contributed by atoms with Gasteiger partial charge < -0.3 is 14.4 Å². The van der Waals surface area contributed by atoms with Gasteiger partial charge in [0.15, 0.2) is 11.5 Å². The first-order valence-corrected chi connectivity index (χ1v) is 9.52. The number of anilines is 1. The van der Waals surface area contributed by atoms with E-state index in [2.05, 4.69) is 36.9 Å². The highest BCUT2D eigenvalue weighted by atomic mass is 16.6. The number of nitro benzene ring substituents is 1. The number of nitro groups is 1. The van der Waals surface area contributed by atoms with E-state index in [0.717, 1.165) is 18.5 Å². The van der Waals surface area contributed by atoms with Crippen molar-refractivity contribution in [2.24, 2.45) is 0 Å². The third kappa shape index (κ3) is 2.14. The second-order valence-electron chi connectivity index (χ2n) is 7.32. The molecule has 2 heterocycles. The van der Waals surface area contributed by atoms with E-state index in [4.69, 9.17) is 9.47 Å². The minimum Gasteiger partial charge on any atom is -0.493 e. The van der Waals surface area contributed by atoms with Crippen LogP contribution in [0.4, 0.5) is 11.4 Å². The second-order valence-corrected chi connectivity index (χ2v) is 7.32. The zero-order chi connectivity index (χ0) is 20.1. The molecule has 1 atom stereocenters. The van der Waals surface area contributed by atoms with Gasteiger partial charge in [-0.3, -0.25) is 10.1 Å². The third-order valence-corrected chi connectivity index (χ3v) is 6.42. The normalized spacial score (nSPS) is 21.2. The Kier molecular flexibility index (Phi) is 4.10. The molecule has 2 aromatic carbocycles. The summed E-state index contributed by atoms with van der Waals surface area (Å²) >= 11 is 0. The predicted molar refractivity (Wildman–Crippen MR) is 109 cm³/mol. The fourth-order valence-electron chi connectivity index (χ4n) is 4.93. The van der Waals surface area contributed by atoms with E-state index in [9.17, 15) is 10.1 Å². The molecule has 6 heteroatoms. The quantitative estimate of drug-likeness (QED) is 0.557. The Hall–Kier alpha value is -3.02. The maximum Gasteiger partial charge on any atom is 0.274 e. The Labute approximate surface area is 164 Å². The molecule has 1 unspecified atom stereocenters. The summed E-state index contributed by atoms with van der Waals surface area (Å²) < 4.78 is 12.2. The minimum atomic E-state index is -0.726. The molecule has 0 bridgehead atoms. The van der Waals surface area contributed by atoms with Crippen LogP contribution >= 0.6 is 0 Å². The molecule has 0 fully saturated rings. The Morgan fingerprint density at radius 3 is 2.57 bits per heavy atom. The molecule has 2 aliphatic heterocycles. The standard InChI is InChI=1S/C22H24N2O4/c1-5-21(6-2)17-9-7-8-10-18(17)23(3)22(21)12-11-15-13-16(24(25)26)14-19(27-4)20(15)28-22/h7-14H,5-6H2,1-4H3. The molecule has 6 nitrogen and oxygen atoms in total. The fourth-order valence-corrected chi connectivity index (χ4v) is 4.93. The maximum absolute atomic E-state index is 11.3. The zero-order valence-corrected chi connectivity index (χ0v) is 16.6. The number of para-hydroxylation sites is 1. The number of likely N-dealkylation sites (N-methyl/N-ethyl adjacent to an activating group) is 1. The van der Waals surface area contributed by atoms with E-state index in [-0.39, 0.29) is 11.1 Å². The predicted octanol–water partition coefficient (Wildman–Crippen LogP) is 4.91. The third-order valence-electron chi connectivity index (χ3n) is 6.42. The lowest BCUT2D eigenvalue weighted by atomic mass is 9.69. The van der Waals surface area contributed by atoms with Crippen LogP contribution in [0.3, 0.4) is 0 Å². The lowest BCUT2D eigenvalue weighted by Crippen LogP contribution is -2.60. The highest BCUT2D eigenvalue weighted by Gasteiger charge is 2.61. The van der Waals surface area contributed by atoms with Gasteiger partial charge in [0.2, 0.25) is 5.72 Å². The van der Waals surface area contributed by atoms with Gasteiger partial charge in [0, 0.05) is 24.4 Å². The molecule has 0 amide bonds. The second kappa shape index (κ2) is 6.26. The van der Waals surface area contributed by atoms with E-state index < -0.39 is 10.6 Å². The van der Waals surface area contributed by atoms with Crippen LogP contribution in [-0.4, -0.2) is 24.8 Å². The first-order valence-electron chi connectivity index (χ1n) is 9.52. The number of hydrogen-bond donors (Lipinski definition) is 0. The first-order chi connectivity index (χ1) is 13.4. The lowest BCUT2D eigenvalue weighted by Gasteiger charge is -2.48. The number of ether oxygens (including phenoxy) is 2. The number of methoxy groups -OCH3 is 1. The molecule has 2 aliphatic rings. The monoisotopic (exact) mass is 380 g/mol. The Morgan fingerprint density at radius 2 is 1.93 bits per heavy atom. The molecule has 4 rings (SSSR count). The molecule has 0 aromatic heterocycles. The summed E-state index contributed by atoms with van der Waals surface area (Å²) in [5.74, 6) is 0.917. The number of rotatable bonds is 4. The van der Waals surface area contributed by atoms with Crippen molar-refractivity contribution in [1.82, 2.24) is 0 Å². The molecule has 0 radical (unpaired) electrons. The maximum atomic E-state index is 11.3. The van der Waals surface area contributed by atoms with Crippen LogP contribution in [0.2, 0.25) is 0 Å². The zero-order valence-electron chi connectivity index (χ0n) is 16.6. The smallest absolute Gasteiger partial charge is 0.274 e. The van der Waals surface area contributed by atoms with Crippen molar-refractivity contribution in [3.05, 3.63) is 63.7 Å². The Morgan fingerprint density at radius 1 is 1.21 bits per heavy atom. The summed E-state index contributed by atoms with van der Waals surface area (Å²) in [6.45, 7) is 4.36. The number of benzene rings is 2. The van der Waals surface area contributed by atoms with Gasteiger partial charge >= 0.3 is 0 Å². The van der Waals surface area contributed by atoms with E-state index in [1.807, 2.05) is 25.3 Å². The van der Waals surface area contributed by atoms with E-state index in [1.54, 1.807) is 0 Å². The summed E-state index contributed by atoms with van der Waals surface area (Å²) in [5, 5.41) is 11.3. The van der Waals surface area contributed by atoms with Crippen molar-refractivity contribution < 1.29 is 14.4 Å². The first kappa shape index (κ1) is 18.3. The SMILES string of the molecule is CCC1(CC)c2ccccc2N(C)C12C=Cc1cc([N+](=O)[O-])cc(OC)c1O2. The molecule has 0 N–H and O–H groups in total. The van der Waals surface area contributed by atoms with Crippen molar-refractivity contribution in [3.8, 4) is 11.5 Å². The fraction of sp³-hybridized carbons (Fsp3) is 0.364. The van der Waals surface area contributed by atoms with E-state index in [1.165, 1.54) is 24.8 Å². The van der Waals surface area contributed by atoms with Crippen LogP contribution in [0, 0.1) is 10.1 Å². The highest BCUT2D eigenvalue weighted by molar-refractivity contribution is 5.75. The lowest BCUT2D eigenvalue weighted by molar-refractivity contribution is -0.385. The summed E-state index contributed by atoms with van der Waals surface area (Å²) in [6.07, 6.45) is 5.75. The number of hydrogen-bond acceptors (Lipinski definition) is 5. The van der Waals surface area contributed by atoms with Crippen molar-refractivity contribution in [1.29, 1.82) is 0 Å². The molecule has 28 heavy (non-hydrogen) atoms. The van der Waals surface area contributed by atoms with Crippen LogP contribution in [0.1, 0.15) is 37.8 Å². The number of non-ortho nitro benzene ring substituents is 1. The summed E-state index contributed by atoms with van der Waals surface area (Å²) in [4.78, 5) is 13.0. The van der Waals surface area contributed by atoms with Gasteiger partial charge in [-0.1, -0.05) is 32.0 Å². The van der Waals surface area contributed by atoms with Gasteiger partial charge in [0.05, 0.1) is 23.5 Å². The molecule has 0 saturated carbocycles. The molecule has 0 aliphatic carbocycles. The molecule has 1 spiro atoms. The van der Waals surface area contributed by atoms with Crippen molar-refractivity contribution in [3.63, 3.8) is 0 Å². The Balaban J connectivity index is 1.94. The summed E-state index contributed by atoms with van der Waals surface area (Å²) in [5.41, 5.74) is 2.06. The summed E-state index contributed by atoms with van der Waals surface area (Å²) in [7, 11) is 3.55. The average molecular weight is 380 g/mol. The van der Waals surface area contributed by atoms with Gasteiger partial charge in [-0.25, -0.2) is 0 Å². The van der Waals surface area contributed by atoms with E-state index >= 15 is 0 Å². The van der Waals surface area contributed by atoms with Gasteiger partial charge in [-0.05, 0) is 36.6 Å². The van der Waals surface area contributed by atoms with Crippen LogP contribution < -0.4 is 14.4 Å². The molecule has 0 saturated heterocycles. The topological polar surface area (TPSA) is 64.8 Å².